The van der Waals surface area contributed by atoms with E-state index in [1.54, 1.807) is 0 Å². The molecule has 0 bridgehead atoms. The lowest BCUT2D eigenvalue weighted by molar-refractivity contribution is -0.139. The summed E-state index contributed by atoms with van der Waals surface area (Å²) >= 11 is 1.09. The Labute approximate surface area is 163 Å². The van der Waals surface area contributed by atoms with E-state index in [0.29, 0.717) is 0 Å². The molecule has 0 radical (unpaired) electrons. The van der Waals surface area contributed by atoms with Gasteiger partial charge in [0, 0.05) is 5.38 Å². The van der Waals surface area contributed by atoms with Gasteiger partial charge in [0.05, 0.1) is 6.54 Å². The van der Waals surface area contributed by atoms with Crippen LogP contribution in [0.4, 0.5) is 5.13 Å². The SMILES string of the molecule is Nc1nc(C(=NOCc2ccccc2)C(=O)N[C@H]2CN(S(=O)(=O)O)C2=O)cs1. The Morgan fingerprint density at radius 1 is 1.43 bits per heavy atom. The van der Waals surface area contributed by atoms with Crippen molar-refractivity contribution in [1.82, 2.24) is 14.6 Å². The summed E-state index contributed by atoms with van der Waals surface area (Å²) < 4.78 is 31.1. The minimum absolute atomic E-state index is 0.0934. The molecule has 1 aromatic heterocycles. The molecular weight excluding hydrogens is 410 g/mol. The minimum Gasteiger partial charge on any atom is -0.390 e. The highest BCUT2D eigenvalue weighted by Crippen LogP contribution is 2.16. The van der Waals surface area contributed by atoms with E-state index >= 15 is 0 Å². The van der Waals surface area contributed by atoms with Crippen LogP contribution in [0.5, 0.6) is 0 Å². The zero-order valence-corrected chi connectivity index (χ0v) is 15.8. The molecule has 1 fully saturated rings. The number of nitrogen functional groups attached to an aromatic ring is 1. The zero-order valence-electron chi connectivity index (χ0n) is 14.2. The molecule has 0 spiro atoms. The lowest BCUT2D eigenvalue weighted by Crippen LogP contribution is -2.65. The predicted octanol–water partition coefficient (Wildman–Crippen LogP) is -0.224. The Bertz CT molecular complexity index is 1020. The Hall–Kier alpha value is -3.03. The number of rotatable bonds is 7. The van der Waals surface area contributed by atoms with Crippen LogP contribution in [-0.2, 0) is 31.3 Å². The van der Waals surface area contributed by atoms with Gasteiger partial charge >= 0.3 is 10.3 Å². The first-order valence-electron chi connectivity index (χ1n) is 7.81. The van der Waals surface area contributed by atoms with Crippen LogP contribution in [0.1, 0.15) is 11.3 Å². The largest absolute Gasteiger partial charge is 0.390 e. The van der Waals surface area contributed by atoms with E-state index in [2.05, 4.69) is 15.5 Å². The third-order valence-corrected chi connectivity index (χ3v) is 5.25. The molecular formula is C15H15N5O6S2. The van der Waals surface area contributed by atoms with Crippen molar-refractivity contribution >= 4 is 44.3 Å². The number of hydrogen-bond donors (Lipinski definition) is 3. The van der Waals surface area contributed by atoms with Crippen LogP contribution in [0.3, 0.4) is 0 Å². The first kappa shape index (κ1) is 19.7. The van der Waals surface area contributed by atoms with Gasteiger partial charge in [0.15, 0.2) is 10.8 Å². The maximum Gasteiger partial charge on any atom is 0.362 e. The molecule has 0 aliphatic carbocycles. The van der Waals surface area contributed by atoms with Crippen LogP contribution < -0.4 is 11.1 Å². The molecule has 1 aliphatic rings. The third kappa shape index (κ3) is 4.44. The van der Waals surface area contributed by atoms with Crippen LogP contribution in [0.15, 0.2) is 40.9 Å². The zero-order chi connectivity index (χ0) is 20.3. The first-order chi connectivity index (χ1) is 13.3. The monoisotopic (exact) mass is 425 g/mol. The van der Waals surface area contributed by atoms with Crippen molar-refractivity contribution in [3.05, 3.63) is 47.0 Å². The number of benzene rings is 1. The molecule has 1 saturated heterocycles. The van der Waals surface area contributed by atoms with Crippen molar-refractivity contribution in [3.63, 3.8) is 0 Å². The van der Waals surface area contributed by atoms with E-state index in [0.717, 1.165) is 16.9 Å². The number of nitrogens with one attached hydrogen (secondary N) is 1. The summed E-state index contributed by atoms with van der Waals surface area (Å²) in [6.07, 6.45) is 0. The van der Waals surface area contributed by atoms with Gasteiger partial charge in [-0.15, -0.1) is 11.3 Å². The highest BCUT2D eigenvalue weighted by molar-refractivity contribution is 7.84. The number of oxime groups is 1. The number of amides is 2. The molecule has 2 amide bonds. The van der Waals surface area contributed by atoms with Gasteiger partial charge in [-0.2, -0.15) is 8.42 Å². The van der Waals surface area contributed by atoms with Crippen LogP contribution in [0.2, 0.25) is 0 Å². The number of anilines is 1. The Morgan fingerprint density at radius 3 is 2.71 bits per heavy atom. The summed E-state index contributed by atoms with van der Waals surface area (Å²) in [5, 5.41) is 7.84. The van der Waals surface area contributed by atoms with Crippen LogP contribution in [0, 0.1) is 0 Å². The summed E-state index contributed by atoms with van der Waals surface area (Å²) in [5.41, 5.74) is 6.33. The molecule has 1 aliphatic heterocycles. The number of carbonyl (C=O) groups excluding carboxylic acids is 2. The summed E-state index contributed by atoms with van der Waals surface area (Å²) in [5.74, 6) is -1.76. The summed E-state index contributed by atoms with van der Waals surface area (Å²) in [6, 6.07) is 7.99. The molecule has 148 valence electrons. The Balaban J connectivity index is 1.71. The van der Waals surface area contributed by atoms with Gasteiger partial charge in [-0.3, -0.25) is 14.1 Å². The van der Waals surface area contributed by atoms with Crippen molar-refractivity contribution in [3.8, 4) is 0 Å². The molecule has 0 saturated carbocycles. The van der Waals surface area contributed by atoms with E-state index < -0.39 is 28.2 Å². The maximum absolute atomic E-state index is 12.5. The fourth-order valence-electron chi connectivity index (χ4n) is 2.28. The van der Waals surface area contributed by atoms with Gasteiger partial charge in [0.2, 0.25) is 0 Å². The normalized spacial score (nSPS) is 17.2. The number of thiazole rings is 1. The molecule has 4 N–H and O–H groups in total. The number of nitrogens with zero attached hydrogens (tertiary/aromatic N) is 3. The summed E-state index contributed by atoms with van der Waals surface area (Å²) in [6.45, 7) is -0.295. The van der Waals surface area contributed by atoms with Crippen LogP contribution in [0.25, 0.3) is 0 Å². The van der Waals surface area contributed by atoms with Crippen molar-refractivity contribution < 1.29 is 27.4 Å². The molecule has 0 unspecified atom stereocenters. The number of nitrogens with two attached hydrogens (primary N) is 1. The fourth-order valence-corrected chi connectivity index (χ4v) is 3.52. The lowest BCUT2D eigenvalue weighted by Gasteiger charge is -2.35. The van der Waals surface area contributed by atoms with Crippen molar-refractivity contribution in [2.45, 2.75) is 12.6 Å². The van der Waals surface area contributed by atoms with E-state index in [1.165, 1.54) is 5.38 Å². The van der Waals surface area contributed by atoms with Crippen molar-refractivity contribution in [1.29, 1.82) is 0 Å². The fraction of sp³-hybridized carbons (Fsp3) is 0.200. The minimum atomic E-state index is -4.65. The number of β-lactam (4-membered cyclic amide) rings is 1. The van der Waals surface area contributed by atoms with Gasteiger partial charge in [-0.25, -0.2) is 9.29 Å². The molecule has 1 atom stereocenters. The summed E-state index contributed by atoms with van der Waals surface area (Å²) in [7, 11) is -4.65. The van der Waals surface area contributed by atoms with Gasteiger partial charge in [-0.05, 0) is 5.56 Å². The quantitative estimate of drug-likeness (QED) is 0.237. The maximum atomic E-state index is 12.5. The predicted molar refractivity (Wildman–Crippen MR) is 99.5 cm³/mol. The lowest BCUT2D eigenvalue weighted by atomic mass is 10.1. The average molecular weight is 425 g/mol. The third-order valence-electron chi connectivity index (χ3n) is 3.69. The Kier molecular flexibility index (Phi) is 5.58. The second-order valence-electron chi connectivity index (χ2n) is 5.64. The van der Waals surface area contributed by atoms with Crippen molar-refractivity contribution in [2.24, 2.45) is 5.16 Å². The average Bonchev–Trinajstić information content (AvgIpc) is 3.07. The number of carbonyl (C=O) groups is 2. The Morgan fingerprint density at radius 2 is 2.14 bits per heavy atom. The number of hydrogen-bond acceptors (Lipinski definition) is 9. The second kappa shape index (κ2) is 7.92. The molecule has 1 aromatic carbocycles. The van der Waals surface area contributed by atoms with Gasteiger partial charge in [-0.1, -0.05) is 35.5 Å². The van der Waals surface area contributed by atoms with Crippen LogP contribution >= 0.6 is 11.3 Å². The van der Waals surface area contributed by atoms with Gasteiger partial charge in [0.1, 0.15) is 18.3 Å². The highest BCUT2D eigenvalue weighted by atomic mass is 32.2. The van der Waals surface area contributed by atoms with E-state index in [-0.39, 0.29) is 34.0 Å². The molecule has 28 heavy (non-hydrogen) atoms. The van der Waals surface area contributed by atoms with Crippen LogP contribution in [-0.4, -0.2) is 52.4 Å². The van der Waals surface area contributed by atoms with E-state index in [4.69, 9.17) is 15.1 Å². The second-order valence-corrected chi connectivity index (χ2v) is 7.87. The number of aromatic nitrogens is 1. The van der Waals surface area contributed by atoms with Gasteiger partial charge in [0.25, 0.3) is 11.8 Å². The highest BCUT2D eigenvalue weighted by Gasteiger charge is 2.45. The molecule has 11 nitrogen and oxygen atoms in total. The standard InChI is InChI=1S/C15H15N5O6S2/c16-15-18-11(8-27-15)12(19-26-7-9-4-2-1-3-5-9)13(21)17-10-6-20(14(10)22)28(23,24)25/h1-5,8,10H,6-7H2,(H2,16,18)(H,17,21)(H,23,24,25)/t10-/m0/s1. The smallest absolute Gasteiger partial charge is 0.362 e. The molecule has 2 aromatic rings. The molecule has 2 heterocycles. The first-order valence-corrected chi connectivity index (χ1v) is 10.1. The molecule has 13 heteroatoms. The van der Waals surface area contributed by atoms with Crippen molar-refractivity contribution in [2.75, 3.05) is 12.3 Å². The topological polar surface area (TPSA) is 164 Å². The van der Waals surface area contributed by atoms with E-state index in [9.17, 15) is 18.0 Å². The van der Waals surface area contributed by atoms with E-state index in [1.807, 2.05) is 30.3 Å². The summed E-state index contributed by atoms with van der Waals surface area (Å²) in [4.78, 5) is 33.5. The molecule has 3 rings (SSSR count). The van der Waals surface area contributed by atoms with Gasteiger partial charge < -0.3 is 15.9 Å².